The molecule has 2 aliphatic rings. The monoisotopic (exact) mass is 567 g/mol. The third kappa shape index (κ3) is 5.67. The highest BCUT2D eigenvalue weighted by atomic mass is 35.5. The Morgan fingerprint density at radius 1 is 1.10 bits per heavy atom. The molecule has 2 unspecified atom stereocenters. The molecule has 40 heavy (non-hydrogen) atoms. The van der Waals surface area contributed by atoms with Gasteiger partial charge in [-0.1, -0.05) is 11.6 Å². The molecule has 1 aromatic carbocycles. The number of ether oxygens (including phenoxy) is 4. The van der Waals surface area contributed by atoms with Gasteiger partial charge in [0.05, 0.1) is 39.1 Å². The van der Waals surface area contributed by atoms with E-state index >= 15 is 0 Å². The SMILES string of the molecule is COC(=O)CCC1CCN(C(=O)CC2OC(c3nccc(OC)c3OC)c3cc(Cl)ccc3-n3cccc32)CC1. The zero-order chi connectivity index (χ0) is 28.2. The highest BCUT2D eigenvalue weighted by Crippen LogP contribution is 2.45. The number of pyridine rings is 1. The molecule has 2 atom stereocenters. The fourth-order valence-corrected chi connectivity index (χ4v) is 5.86. The quantitative estimate of drug-likeness (QED) is 0.342. The van der Waals surface area contributed by atoms with E-state index in [0.717, 1.165) is 36.2 Å². The van der Waals surface area contributed by atoms with Gasteiger partial charge in [-0.05, 0) is 55.5 Å². The number of aromatic nitrogens is 2. The Labute approximate surface area is 238 Å². The van der Waals surface area contributed by atoms with E-state index in [2.05, 4.69) is 9.55 Å². The molecule has 1 fully saturated rings. The summed E-state index contributed by atoms with van der Waals surface area (Å²) in [5.41, 5.74) is 3.11. The first-order chi connectivity index (χ1) is 19.4. The molecule has 2 aromatic heterocycles. The highest BCUT2D eigenvalue weighted by molar-refractivity contribution is 6.30. The van der Waals surface area contributed by atoms with Crippen molar-refractivity contribution in [3.8, 4) is 17.2 Å². The van der Waals surface area contributed by atoms with Crippen molar-refractivity contribution in [3.63, 3.8) is 0 Å². The second-order valence-electron chi connectivity index (χ2n) is 10.1. The molecular weight excluding hydrogens is 534 g/mol. The number of esters is 1. The van der Waals surface area contributed by atoms with E-state index in [-0.39, 0.29) is 18.3 Å². The summed E-state index contributed by atoms with van der Waals surface area (Å²) in [6.07, 6.45) is 5.50. The van der Waals surface area contributed by atoms with Crippen LogP contribution in [0.4, 0.5) is 0 Å². The van der Waals surface area contributed by atoms with Gasteiger partial charge in [-0.15, -0.1) is 0 Å². The lowest BCUT2D eigenvalue weighted by atomic mass is 9.92. The normalized spacial score (nSPS) is 18.9. The lowest BCUT2D eigenvalue weighted by Gasteiger charge is -2.33. The van der Waals surface area contributed by atoms with Crippen molar-refractivity contribution in [2.24, 2.45) is 5.92 Å². The number of halogens is 1. The van der Waals surface area contributed by atoms with Gasteiger partial charge in [0, 0.05) is 48.6 Å². The van der Waals surface area contributed by atoms with Crippen LogP contribution in [0.2, 0.25) is 5.02 Å². The van der Waals surface area contributed by atoms with Gasteiger partial charge < -0.3 is 28.4 Å². The standard InChI is InChI=1S/C30H34ClN3O6/c1-37-24-10-13-32-28(30(24)39-3)29-21-17-20(31)7-8-22(21)34-14-4-5-23(34)25(40-29)18-26(35)33-15-11-19(12-16-33)6-9-27(36)38-2/h4-5,7-8,10,13-14,17,19,25,29H,6,9,11-12,15-16,18H2,1-3H3. The Kier molecular flexibility index (Phi) is 8.61. The van der Waals surface area contributed by atoms with Crippen LogP contribution in [-0.4, -0.2) is 60.7 Å². The highest BCUT2D eigenvalue weighted by Gasteiger charge is 2.36. The third-order valence-corrected chi connectivity index (χ3v) is 8.06. The molecule has 0 bridgehead atoms. The molecule has 212 valence electrons. The molecule has 0 radical (unpaired) electrons. The molecule has 2 aliphatic heterocycles. The van der Waals surface area contributed by atoms with Gasteiger partial charge in [0.25, 0.3) is 0 Å². The van der Waals surface area contributed by atoms with Crippen LogP contribution in [-0.2, 0) is 19.1 Å². The minimum Gasteiger partial charge on any atom is -0.493 e. The number of carbonyl (C=O) groups is 2. The average Bonchev–Trinajstić information content (AvgIpc) is 3.43. The Bertz CT molecular complexity index is 1370. The molecule has 0 spiro atoms. The maximum absolute atomic E-state index is 13.6. The van der Waals surface area contributed by atoms with Crippen molar-refractivity contribution in [1.82, 2.24) is 14.5 Å². The van der Waals surface area contributed by atoms with Crippen LogP contribution in [0.25, 0.3) is 5.69 Å². The number of methoxy groups -OCH3 is 3. The predicted molar refractivity (Wildman–Crippen MR) is 149 cm³/mol. The molecule has 4 heterocycles. The van der Waals surface area contributed by atoms with Crippen LogP contribution in [0.1, 0.15) is 61.3 Å². The molecule has 3 aromatic rings. The Morgan fingerprint density at radius 2 is 1.90 bits per heavy atom. The molecule has 1 saturated heterocycles. The van der Waals surface area contributed by atoms with Crippen LogP contribution in [0.3, 0.4) is 0 Å². The second-order valence-corrected chi connectivity index (χ2v) is 10.5. The first kappa shape index (κ1) is 28.0. The number of fused-ring (bicyclic) bond motifs is 3. The van der Waals surface area contributed by atoms with Gasteiger partial charge in [0.15, 0.2) is 11.5 Å². The third-order valence-electron chi connectivity index (χ3n) is 7.82. The number of hydrogen-bond donors (Lipinski definition) is 0. The van der Waals surface area contributed by atoms with E-state index in [1.165, 1.54) is 7.11 Å². The van der Waals surface area contributed by atoms with Crippen molar-refractivity contribution >= 4 is 23.5 Å². The van der Waals surface area contributed by atoms with E-state index in [1.54, 1.807) is 26.5 Å². The number of hydrogen-bond acceptors (Lipinski definition) is 7. The van der Waals surface area contributed by atoms with Gasteiger partial charge in [-0.2, -0.15) is 0 Å². The maximum atomic E-state index is 13.6. The number of rotatable bonds is 8. The summed E-state index contributed by atoms with van der Waals surface area (Å²) in [4.78, 5) is 31.7. The van der Waals surface area contributed by atoms with Crippen molar-refractivity contribution in [1.29, 1.82) is 0 Å². The van der Waals surface area contributed by atoms with E-state index in [0.29, 0.717) is 47.6 Å². The number of amides is 1. The first-order valence-corrected chi connectivity index (χ1v) is 13.8. The van der Waals surface area contributed by atoms with Gasteiger partial charge in [0.2, 0.25) is 5.91 Å². The Hall–Kier alpha value is -3.56. The summed E-state index contributed by atoms with van der Waals surface area (Å²) in [7, 11) is 4.55. The predicted octanol–water partition coefficient (Wildman–Crippen LogP) is 5.29. The molecule has 9 nitrogen and oxygen atoms in total. The summed E-state index contributed by atoms with van der Waals surface area (Å²) >= 11 is 6.47. The number of benzene rings is 1. The van der Waals surface area contributed by atoms with Crippen LogP contribution < -0.4 is 9.47 Å². The Balaban J connectivity index is 1.42. The molecule has 5 rings (SSSR count). The number of likely N-dealkylation sites (tertiary alicyclic amines) is 1. The second kappa shape index (κ2) is 12.3. The van der Waals surface area contributed by atoms with Crippen LogP contribution >= 0.6 is 11.6 Å². The fraction of sp³-hybridized carbons (Fsp3) is 0.433. The fourth-order valence-electron chi connectivity index (χ4n) is 5.68. The largest absolute Gasteiger partial charge is 0.493 e. The maximum Gasteiger partial charge on any atom is 0.305 e. The molecule has 0 saturated carbocycles. The van der Waals surface area contributed by atoms with Gasteiger partial charge in [0.1, 0.15) is 17.9 Å². The minimum absolute atomic E-state index is 0.0254. The summed E-state index contributed by atoms with van der Waals surface area (Å²) in [5, 5.41) is 0.563. The van der Waals surface area contributed by atoms with E-state index in [9.17, 15) is 9.59 Å². The topological polar surface area (TPSA) is 92.1 Å². The van der Waals surface area contributed by atoms with Gasteiger partial charge >= 0.3 is 5.97 Å². The smallest absolute Gasteiger partial charge is 0.305 e. The lowest BCUT2D eigenvalue weighted by Crippen LogP contribution is -2.39. The molecule has 0 aliphatic carbocycles. The van der Waals surface area contributed by atoms with Crippen molar-refractivity contribution in [2.75, 3.05) is 34.4 Å². The average molecular weight is 568 g/mol. The van der Waals surface area contributed by atoms with Crippen molar-refractivity contribution in [2.45, 2.75) is 44.3 Å². The summed E-state index contributed by atoms with van der Waals surface area (Å²) < 4.78 is 24.9. The van der Waals surface area contributed by atoms with Gasteiger partial charge in [-0.25, -0.2) is 0 Å². The van der Waals surface area contributed by atoms with Crippen molar-refractivity contribution < 1.29 is 28.5 Å². The van der Waals surface area contributed by atoms with E-state index < -0.39 is 12.2 Å². The summed E-state index contributed by atoms with van der Waals surface area (Å²) in [6.45, 7) is 1.31. The van der Waals surface area contributed by atoms with Crippen LogP contribution in [0.15, 0.2) is 48.8 Å². The summed E-state index contributed by atoms with van der Waals surface area (Å²) in [5.74, 6) is 1.24. The molecule has 10 heteroatoms. The lowest BCUT2D eigenvalue weighted by molar-refractivity contribution is -0.141. The molecule has 1 amide bonds. The number of carbonyl (C=O) groups excluding carboxylic acids is 2. The zero-order valence-corrected chi connectivity index (χ0v) is 23.7. The molecular formula is C30H34ClN3O6. The van der Waals surface area contributed by atoms with E-state index in [1.807, 2.05) is 41.4 Å². The first-order valence-electron chi connectivity index (χ1n) is 13.5. The van der Waals surface area contributed by atoms with Crippen LogP contribution in [0.5, 0.6) is 11.5 Å². The van der Waals surface area contributed by atoms with Gasteiger partial charge in [-0.3, -0.25) is 14.6 Å². The number of piperidine rings is 1. The zero-order valence-electron chi connectivity index (χ0n) is 23.0. The van der Waals surface area contributed by atoms with Crippen LogP contribution in [0, 0.1) is 5.92 Å². The van der Waals surface area contributed by atoms with Crippen molar-refractivity contribution in [3.05, 3.63) is 70.8 Å². The van der Waals surface area contributed by atoms with E-state index in [4.69, 9.17) is 30.5 Å². The Morgan fingerprint density at radius 3 is 2.62 bits per heavy atom. The molecule has 0 N–H and O–H groups in total. The minimum atomic E-state index is -0.666. The number of nitrogens with zero attached hydrogens (tertiary/aromatic N) is 3. The summed E-state index contributed by atoms with van der Waals surface area (Å²) in [6, 6.07) is 11.3.